The molecule has 0 aliphatic carbocycles. The Hall–Kier alpha value is -3.09. The van der Waals surface area contributed by atoms with Crippen molar-refractivity contribution in [3.63, 3.8) is 0 Å². The van der Waals surface area contributed by atoms with Crippen molar-refractivity contribution in [3.8, 4) is 17.4 Å². The first kappa shape index (κ1) is 14.8. The summed E-state index contributed by atoms with van der Waals surface area (Å²) < 4.78 is 5.32. The molecule has 0 aromatic carbocycles. The average molecular weight is 308 g/mol. The maximum Gasteiger partial charge on any atom is 0.213 e. The van der Waals surface area contributed by atoms with Crippen LogP contribution in [0, 0.1) is 0 Å². The third-order valence-corrected chi connectivity index (χ3v) is 3.03. The van der Waals surface area contributed by atoms with E-state index in [9.17, 15) is 0 Å². The number of rotatable bonds is 6. The summed E-state index contributed by atoms with van der Waals surface area (Å²) in [5.41, 5.74) is 1.71. The van der Waals surface area contributed by atoms with Gasteiger partial charge in [0.2, 0.25) is 5.88 Å². The van der Waals surface area contributed by atoms with E-state index in [0.717, 1.165) is 5.56 Å². The molecule has 3 aromatic rings. The largest absolute Gasteiger partial charge is 0.478 e. The van der Waals surface area contributed by atoms with Crippen LogP contribution in [0.5, 0.6) is 5.88 Å². The van der Waals surface area contributed by atoms with Crippen LogP contribution in [0.2, 0.25) is 0 Å². The van der Waals surface area contributed by atoms with Gasteiger partial charge < -0.3 is 10.1 Å². The third kappa shape index (κ3) is 3.97. The highest BCUT2D eigenvalue weighted by molar-refractivity contribution is 5.54. The smallest absolute Gasteiger partial charge is 0.213 e. The summed E-state index contributed by atoms with van der Waals surface area (Å²) in [6.07, 6.45) is 6.64. The van der Waals surface area contributed by atoms with Crippen molar-refractivity contribution in [2.45, 2.75) is 13.5 Å². The highest BCUT2D eigenvalue weighted by Gasteiger charge is 2.04. The van der Waals surface area contributed by atoms with Crippen molar-refractivity contribution in [1.29, 1.82) is 0 Å². The summed E-state index contributed by atoms with van der Waals surface area (Å²) in [5.74, 6) is 1.90. The average Bonchev–Trinajstić information content (AvgIpc) is 2.62. The lowest BCUT2D eigenvalue weighted by molar-refractivity contribution is 0.326. The van der Waals surface area contributed by atoms with Gasteiger partial charge in [0.15, 0.2) is 5.82 Å². The molecule has 23 heavy (non-hydrogen) atoms. The Kier molecular flexibility index (Phi) is 4.68. The van der Waals surface area contributed by atoms with Crippen LogP contribution < -0.4 is 10.1 Å². The predicted octanol–water partition coefficient (Wildman–Crippen LogP) is 2.34. The van der Waals surface area contributed by atoms with Gasteiger partial charge in [-0.1, -0.05) is 6.07 Å². The quantitative estimate of drug-likeness (QED) is 0.748. The van der Waals surface area contributed by atoms with Crippen LogP contribution in [0.15, 0.2) is 49.2 Å². The normalized spacial score (nSPS) is 10.3. The number of ether oxygens (including phenoxy) is 1. The minimum atomic E-state index is 0.570. The first-order chi connectivity index (χ1) is 11.3. The number of aromatic nitrogens is 5. The number of pyridine rings is 1. The molecule has 0 bridgehead atoms. The van der Waals surface area contributed by atoms with Crippen molar-refractivity contribution in [3.05, 3.63) is 54.7 Å². The number of hydrogen-bond acceptors (Lipinski definition) is 7. The van der Waals surface area contributed by atoms with Crippen molar-refractivity contribution >= 4 is 5.82 Å². The molecule has 3 rings (SSSR count). The van der Waals surface area contributed by atoms with E-state index >= 15 is 0 Å². The zero-order valence-corrected chi connectivity index (χ0v) is 12.7. The Balaban J connectivity index is 1.66. The van der Waals surface area contributed by atoms with Crippen molar-refractivity contribution in [2.75, 3.05) is 11.9 Å². The Morgan fingerprint density at radius 2 is 1.91 bits per heavy atom. The second-order valence-electron chi connectivity index (χ2n) is 4.65. The molecule has 0 aliphatic rings. The number of nitrogens with zero attached hydrogens (tertiary/aromatic N) is 5. The fourth-order valence-corrected chi connectivity index (χ4v) is 1.95. The van der Waals surface area contributed by atoms with Gasteiger partial charge >= 0.3 is 0 Å². The lowest BCUT2D eigenvalue weighted by Crippen LogP contribution is -2.03. The van der Waals surface area contributed by atoms with Crippen molar-refractivity contribution in [2.24, 2.45) is 0 Å². The third-order valence-electron chi connectivity index (χ3n) is 3.03. The van der Waals surface area contributed by atoms with E-state index in [1.165, 1.54) is 6.33 Å². The Labute approximate surface area is 133 Å². The molecule has 7 heteroatoms. The molecule has 0 aliphatic heterocycles. The van der Waals surface area contributed by atoms with E-state index in [0.29, 0.717) is 36.4 Å². The van der Waals surface area contributed by atoms with E-state index in [-0.39, 0.29) is 0 Å². The van der Waals surface area contributed by atoms with Crippen LogP contribution in [0.25, 0.3) is 11.5 Å². The van der Waals surface area contributed by atoms with E-state index in [4.69, 9.17) is 4.74 Å². The first-order valence-corrected chi connectivity index (χ1v) is 7.26. The van der Waals surface area contributed by atoms with E-state index in [1.54, 1.807) is 24.7 Å². The van der Waals surface area contributed by atoms with Crippen LogP contribution in [0.4, 0.5) is 5.82 Å². The zero-order valence-electron chi connectivity index (χ0n) is 12.7. The van der Waals surface area contributed by atoms with Crippen molar-refractivity contribution in [1.82, 2.24) is 24.9 Å². The highest BCUT2D eigenvalue weighted by Crippen LogP contribution is 2.14. The molecule has 0 saturated heterocycles. The minimum absolute atomic E-state index is 0.570. The lowest BCUT2D eigenvalue weighted by Gasteiger charge is -2.07. The molecule has 0 fully saturated rings. The Bertz CT molecular complexity index is 748. The summed E-state index contributed by atoms with van der Waals surface area (Å²) in [6.45, 7) is 3.14. The van der Waals surface area contributed by atoms with Gasteiger partial charge in [0.1, 0.15) is 17.8 Å². The molecular formula is C16H16N6O. The van der Waals surface area contributed by atoms with Gasteiger partial charge in [0.05, 0.1) is 6.61 Å². The molecule has 7 nitrogen and oxygen atoms in total. The van der Waals surface area contributed by atoms with Gasteiger partial charge in [-0.2, -0.15) is 0 Å². The van der Waals surface area contributed by atoms with Gasteiger partial charge in [0.25, 0.3) is 0 Å². The summed E-state index contributed by atoms with van der Waals surface area (Å²) in [5, 5.41) is 3.24. The van der Waals surface area contributed by atoms with Crippen LogP contribution in [-0.2, 0) is 6.54 Å². The van der Waals surface area contributed by atoms with Crippen LogP contribution >= 0.6 is 0 Å². The molecule has 1 N–H and O–H groups in total. The first-order valence-electron chi connectivity index (χ1n) is 7.26. The van der Waals surface area contributed by atoms with Crippen LogP contribution in [-0.4, -0.2) is 31.5 Å². The maximum absolute atomic E-state index is 5.32. The number of hydrogen-bond donors (Lipinski definition) is 1. The molecular weight excluding hydrogens is 292 g/mol. The summed E-state index contributed by atoms with van der Waals surface area (Å²) in [6, 6.07) is 7.40. The fourth-order valence-electron chi connectivity index (χ4n) is 1.95. The molecule has 3 heterocycles. The van der Waals surface area contributed by atoms with Gasteiger partial charge in [0, 0.05) is 37.3 Å². The summed E-state index contributed by atoms with van der Waals surface area (Å²) >= 11 is 0. The maximum atomic E-state index is 5.32. The summed E-state index contributed by atoms with van der Waals surface area (Å²) in [4.78, 5) is 21.0. The highest BCUT2D eigenvalue weighted by atomic mass is 16.5. The Morgan fingerprint density at radius 1 is 1.04 bits per heavy atom. The topological polar surface area (TPSA) is 85.7 Å². The van der Waals surface area contributed by atoms with Gasteiger partial charge in [-0.3, -0.25) is 0 Å². The standard InChI is InChI=1S/C16H16N6O/c1-2-23-15-5-4-12(10-20-15)9-19-14-8-13(21-11-22-14)16-17-6-3-7-18-16/h3-8,10-11H,2,9H2,1H3,(H,19,21,22). The fraction of sp³-hybridized carbons (Fsp3) is 0.188. The second-order valence-corrected chi connectivity index (χ2v) is 4.65. The molecule has 0 saturated carbocycles. The van der Waals surface area contributed by atoms with Gasteiger partial charge in [-0.25, -0.2) is 24.9 Å². The molecule has 0 atom stereocenters. The van der Waals surface area contributed by atoms with Crippen molar-refractivity contribution < 1.29 is 4.74 Å². The van der Waals surface area contributed by atoms with E-state index in [2.05, 4.69) is 30.2 Å². The Morgan fingerprint density at radius 3 is 2.65 bits per heavy atom. The minimum Gasteiger partial charge on any atom is -0.478 e. The zero-order chi connectivity index (χ0) is 15.9. The molecule has 0 spiro atoms. The number of nitrogens with one attached hydrogen (secondary N) is 1. The predicted molar refractivity (Wildman–Crippen MR) is 85.8 cm³/mol. The van der Waals surface area contributed by atoms with Crippen LogP contribution in [0.1, 0.15) is 12.5 Å². The molecule has 0 amide bonds. The molecule has 0 radical (unpaired) electrons. The second kappa shape index (κ2) is 7.26. The monoisotopic (exact) mass is 308 g/mol. The van der Waals surface area contributed by atoms with Crippen LogP contribution in [0.3, 0.4) is 0 Å². The number of anilines is 1. The summed E-state index contributed by atoms with van der Waals surface area (Å²) in [7, 11) is 0. The molecule has 3 aromatic heterocycles. The van der Waals surface area contributed by atoms with E-state index in [1.807, 2.05) is 25.1 Å². The molecule has 0 unspecified atom stereocenters. The SMILES string of the molecule is CCOc1ccc(CNc2cc(-c3ncccn3)ncn2)cn1. The van der Waals surface area contributed by atoms with Gasteiger partial charge in [-0.05, 0) is 18.6 Å². The van der Waals surface area contributed by atoms with Gasteiger partial charge in [-0.15, -0.1) is 0 Å². The lowest BCUT2D eigenvalue weighted by atomic mass is 10.3. The molecule has 116 valence electrons. The van der Waals surface area contributed by atoms with E-state index < -0.39 is 0 Å².